The first-order valence-corrected chi connectivity index (χ1v) is 32.8. The largest absolute Gasteiger partial charge is 0.481 e. The van der Waals surface area contributed by atoms with Crippen LogP contribution in [0.3, 0.4) is 0 Å². The number of unbranched alkanes of at least 4 members (excludes halogenated alkanes) is 1. The first-order chi connectivity index (χ1) is 43.6. The number of hydrogen-bond donors (Lipinski definition) is 20. The van der Waals surface area contributed by atoms with Crippen molar-refractivity contribution in [2.24, 2.45) is 33.8 Å². The molecule has 0 bridgehead atoms. The van der Waals surface area contributed by atoms with Gasteiger partial charge >= 0.3 is 11.9 Å². The Hall–Kier alpha value is -7.44. The standard InChI is InChI=1S/C57H92N16O16S3/c1-29(2)23-38(49(81)64-36(16-17-44(76)77)47(79)70-41(27-90)52(84)66-37(56(88)89)18-22-92-4)68-51(83)40(26-74)69-54(86)45(30(3)75)72-48(80)35(14-7-8-19-58)65-53(85)43-15-10-21-73(43)55(87)42(28-91)71-50(82)39(24-31-25-63-34-13-6-5-11-32(31)34)67-46(78)33(59)12-9-20-62-57(60)61/h5-6,11,13,25,29-30,33,35-43,45,63,74-75,90-91H,7-10,12,14-24,26-28,58-59H2,1-4H3,(H,64,81)(H,65,85)(H,66,84)(H,67,78)(H,68,83)(H,69,86)(H,70,79)(H,71,82)(H,72,80)(H,76,77)(H,88,89)(H4,60,61,62)/t30-,33+,35+,36+,37+,38+,39+,40+,41+,42+,43+,45+/m1/s1. The lowest BCUT2D eigenvalue weighted by molar-refractivity contribution is -0.142. The number of aliphatic carboxylic acids is 2. The number of amides is 10. The van der Waals surface area contributed by atoms with Gasteiger partial charge in [0.2, 0.25) is 59.1 Å². The van der Waals surface area contributed by atoms with E-state index >= 15 is 0 Å². The number of aliphatic hydroxyl groups is 2. The van der Waals surface area contributed by atoms with Crippen molar-refractivity contribution in [1.29, 1.82) is 0 Å². The van der Waals surface area contributed by atoms with Crippen LogP contribution in [0.25, 0.3) is 10.9 Å². The average Bonchev–Trinajstić information content (AvgIpc) is 1.64. The zero-order valence-corrected chi connectivity index (χ0v) is 54.6. The summed E-state index contributed by atoms with van der Waals surface area (Å²) in [6, 6.07) is -8.55. The van der Waals surface area contributed by atoms with E-state index in [-0.39, 0.29) is 88.0 Å². The number of carboxylic acids is 2. The van der Waals surface area contributed by atoms with Crippen LogP contribution in [0.5, 0.6) is 0 Å². The summed E-state index contributed by atoms with van der Waals surface area (Å²) in [4.78, 5) is 171. The number of fused-ring (bicyclic) bond motifs is 1. The summed E-state index contributed by atoms with van der Waals surface area (Å²) in [5.74, 6) is -12.6. The summed E-state index contributed by atoms with van der Waals surface area (Å²) in [6.45, 7) is 3.84. The highest BCUT2D eigenvalue weighted by Gasteiger charge is 2.41. The van der Waals surface area contributed by atoms with Gasteiger partial charge in [0.1, 0.15) is 60.4 Å². The van der Waals surface area contributed by atoms with E-state index in [0.29, 0.717) is 30.6 Å². The molecule has 12 atom stereocenters. The number of aliphatic hydroxyl groups excluding tert-OH is 2. The molecule has 0 radical (unpaired) electrons. The Morgan fingerprint density at radius 1 is 0.685 bits per heavy atom. The van der Waals surface area contributed by atoms with Gasteiger partial charge in [-0.25, -0.2) is 4.79 Å². The van der Waals surface area contributed by atoms with Gasteiger partial charge in [-0.15, -0.1) is 0 Å². The molecule has 1 aliphatic rings. The average molecular weight is 1350 g/mol. The Labute approximate surface area is 548 Å². The number of nitrogens with one attached hydrogen (secondary N) is 10. The maximum atomic E-state index is 14.4. The molecule has 514 valence electrons. The number of carbonyl (C=O) groups is 12. The molecule has 0 unspecified atom stereocenters. The summed E-state index contributed by atoms with van der Waals surface area (Å²) in [5.41, 5.74) is 24.2. The van der Waals surface area contributed by atoms with Crippen LogP contribution in [-0.4, -0.2) is 230 Å². The number of aliphatic imine (C=N–C) groups is 1. The van der Waals surface area contributed by atoms with Gasteiger partial charge in [0.05, 0.1) is 18.8 Å². The van der Waals surface area contributed by atoms with Crippen molar-refractivity contribution in [3.05, 3.63) is 36.0 Å². The van der Waals surface area contributed by atoms with E-state index in [0.717, 1.165) is 17.8 Å². The number of aromatic amines is 1. The minimum absolute atomic E-state index is 0.0261. The van der Waals surface area contributed by atoms with Crippen LogP contribution in [0.4, 0.5) is 0 Å². The van der Waals surface area contributed by atoms with Crippen molar-refractivity contribution >= 4 is 125 Å². The maximum Gasteiger partial charge on any atom is 0.326 e. The third-order valence-electron chi connectivity index (χ3n) is 14.8. The molecule has 1 aromatic heterocycles. The number of hydrogen-bond acceptors (Lipinski definition) is 20. The van der Waals surface area contributed by atoms with Gasteiger partial charge < -0.3 is 101 Å². The number of rotatable bonds is 42. The fourth-order valence-electron chi connectivity index (χ4n) is 9.78. The van der Waals surface area contributed by atoms with Gasteiger partial charge in [0.15, 0.2) is 5.96 Å². The smallest absolute Gasteiger partial charge is 0.326 e. The van der Waals surface area contributed by atoms with E-state index < -0.39 is 163 Å². The number of para-hydroxylation sites is 1. The van der Waals surface area contributed by atoms with Crippen LogP contribution in [0.15, 0.2) is 35.5 Å². The molecular formula is C57H92N16O16S3. The number of guanidine groups is 1. The molecule has 35 heteroatoms. The molecule has 3 rings (SSSR count). The summed E-state index contributed by atoms with van der Waals surface area (Å²) in [5, 5.41) is 63.3. The van der Waals surface area contributed by atoms with E-state index in [4.69, 9.17) is 22.9 Å². The normalized spacial score (nSPS) is 16.5. The second-order valence-electron chi connectivity index (χ2n) is 22.5. The lowest BCUT2D eigenvalue weighted by Gasteiger charge is -2.31. The molecule has 10 amide bonds. The topological polar surface area (TPSA) is 529 Å². The molecule has 1 fully saturated rings. The van der Waals surface area contributed by atoms with Crippen molar-refractivity contribution in [3.63, 3.8) is 0 Å². The van der Waals surface area contributed by atoms with Gasteiger partial charge in [-0.3, -0.25) is 57.7 Å². The van der Waals surface area contributed by atoms with Gasteiger partial charge in [-0.2, -0.15) is 37.0 Å². The minimum atomic E-state index is -1.85. The quantitative estimate of drug-likeness (QED) is 0.0129. The maximum absolute atomic E-state index is 14.4. The van der Waals surface area contributed by atoms with Crippen LogP contribution < -0.4 is 70.8 Å². The minimum Gasteiger partial charge on any atom is -0.481 e. The predicted octanol–water partition coefficient (Wildman–Crippen LogP) is -4.44. The molecule has 92 heavy (non-hydrogen) atoms. The molecule has 2 heterocycles. The lowest BCUT2D eigenvalue weighted by Crippen LogP contribution is -2.62. The van der Waals surface area contributed by atoms with Gasteiger partial charge in [-0.05, 0) is 107 Å². The fourth-order valence-corrected chi connectivity index (χ4v) is 10.8. The molecule has 1 saturated heterocycles. The number of carbonyl (C=O) groups excluding carboxylic acids is 10. The van der Waals surface area contributed by atoms with Gasteiger partial charge in [0.25, 0.3) is 0 Å². The monoisotopic (exact) mass is 1350 g/mol. The number of H-pyrrole nitrogens is 1. The highest BCUT2D eigenvalue weighted by atomic mass is 32.2. The first kappa shape index (κ1) is 78.8. The van der Waals surface area contributed by atoms with Crippen molar-refractivity contribution < 1.29 is 78.0 Å². The summed E-state index contributed by atoms with van der Waals surface area (Å²) in [6.07, 6.45) is 2.05. The SMILES string of the molecule is CSCC[C@H](NC(=O)[C@H](CS)NC(=O)[C@H](CCC(=O)O)NC(=O)[C@H](CC(C)C)NC(=O)[C@H](CO)NC(=O)[C@@H](NC(=O)[C@H](CCCCN)NC(=O)[C@@H]1CCCN1C(=O)[C@H](CS)NC(=O)[C@H](Cc1c[nH]c2ccccc12)NC(=O)[C@@H](N)CCCN=C(N)N)[C@@H](C)O)C(=O)O. The third-order valence-corrected chi connectivity index (χ3v) is 16.2. The number of benzene rings is 1. The van der Waals surface area contributed by atoms with Crippen molar-refractivity contribution in [3.8, 4) is 0 Å². The molecule has 32 nitrogen and oxygen atoms in total. The van der Waals surface area contributed by atoms with Gasteiger partial charge in [0, 0.05) is 54.5 Å². The van der Waals surface area contributed by atoms with Crippen LogP contribution >= 0.6 is 37.0 Å². The van der Waals surface area contributed by atoms with Crippen molar-refractivity contribution in [2.75, 3.05) is 49.8 Å². The molecule has 0 saturated carbocycles. The number of carboxylic acid groups (broad SMARTS) is 2. The van der Waals surface area contributed by atoms with E-state index in [1.807, 2.05) is 24.3 Å². The van der Waals surface area contributed by atoms with E-state index in [1.54, 1.807) is 26.3 Å². The Bertz CT molecular complexity index is 2860. The fraction of sp³-hybridized carbons (Fsp3) is 0.632. The lowest BCUT2D eigenvalue weighted by atomic mass is 10.0. The molecule has 22 N–H and O–H groups in total. The second-order valence-corrected chi connectivity index (χ2v) is 24.3. The highest BCUT2D eigenvalue weighted by Crippen LogP contribution is 2.22. The predicted molar refractivity (Wildman–Crippen MR) is 348 cm³/mol. The number of nitrogens with two attached hydrogens (primary N) is 4. The van der Waals surface area contributed by atoms with E-state index in [9.17, 15) is 78.0 Å². The number of likely N-dealkylation sites (tertiary alicyclic amines) is 1. The Morgan fingerprint density at radius 3 is 1.86 bits per heavy atom. The Kier molecular flexibility index (Phi) is 34.7. The van der Waals surface area contributed by atoms with E-state index in [2.05, 4.69) is 83.1 Å². The molecule has 0 spiro atoms. The highest BCUT2D eigenvalue weighted by molar-refractivity contribution is 7.98. The zero-order chi connectivity index (χ0) is 68.8. The molecular weight excluding hydrogens is 1260 g/mol. The van der Waals surface area contributed by atoms with E-state index in [1.165, 1.54) is 16.7 Å². The zero-order valence-electron chi connectivity index (χ0n) is 52.0. The summed E-state index contributed by atoms with van der Waals surface area (Å²) in [7, 11) is 0. The summed E-state index contributed by atoms with van der Waals surface area (Å²) >= 11 is 9.83. The Balaban J connectivity index is 1.79. The van der Waals surface area contributed by atoms with Crippen molar-refractivity contribution in [2.45, 2.75) is 170 Å². The number of thioether (sulfide) groups is 1. The second kappa shape index (κ2) is 40.5. The first-order valence-electron chi connectivity index (χ1n) is 30.1. The number of nitrogens with zero attached hydrogens (tertiary/aromatic N) is 2. The van der Waals surface area contributed by atoms with Crippen molar-refractivity contribution in [1.82, 2.24) is 57.7 Å². The summed E-state index contributed by atoms with van der Waals surface area (Å²) < 4.78 is 0. The molecule has 1 aliphatic heterocycles. The van der Waals surface area contributed by atoms with Crippen LogP contribution in [0, 0.1) is 5.92 Å². The van der Waals surface area contributed by atoms with Gasteiger partial charge in [-0.1, -0.05) is 32.0 Å². The molecule has 1 aromatic carbocycles. The van der Waals surface area contributed by atoms with Crippen LogP contribution in [0.2, 0.25) is 0 Å². The number of thiol groups is 2. The molecule has 0 aliphatic carbocycles. The number of aromatic nitrogens is 1. The van der Waals surface area contributed by atoms with Crippen LogP contribution in [-0.2, 0) is 64.0 Å². The molecule has 2 aromatic rings. The Morgan fingerprint density at radius 2 is 1.25 bits per heavy atom. The third kappa shape index (κ3) is 25.9. The van der Waals surface area contributed by atoms with Crippen LogP contribution in [0.1, 0.15) is 97.0 Å².